The third-order valence-electron chi connectivity index (χ3n) is 3.17. The van der Waals surface area contributed by atoms with Crippen LogP contribution in [-0.2, 0) is 4.74 Å². The van der Waals surface area contributed by atoms with E-state index in [1.807, 2.05) is 0 Å². The maximum atomic E-state index is 13.9. The van der Waals surface area contributed by atoms with Gasteiger partial charge in [-0.25, -0.2) is 4.98 Å². The number of ether oxygens (including phenoxy) is 1. The van der Waals surface area contributed by atoms with Crippen LogP contribution in [0.3, 0.4) is 0 Å². The smallest absolute Gasteiger partial charge is 0.302 e. The fourth-order valence-corrected chi connectivity index (χ4v) is 2.25. The number of aromatic nitrogens is 4. The number of hydrogen-bond donors (Lipinski definition) is 2. The summed E-state index contributed by atoms with van der Waals surface area (Å²) in [4.78, 5) is 18.9. The molecule has 0 spiro atoms. The van der Waals surface area contributed by atoms with Gasteiger partial charge < -0.3 is 15.6 Å². The van der Waals surface area contributed by atoms with Gasteiger partial charge in [0.25, 0.3) is 0 Å². The third kappa shape index (κ3) is 1.78. The first kappa shape index (κ1) is 12.1. The first-order valence-electron chi connectivity index (χ1n) is 5.79. The summed E-state index contributed by atoms with van der Waals surface area (Å²) < 4.78 is 20.8. The molecule has 8 nitrogen and oxygen atoms in total. The highest BCUT2D eigenvalue weighted by Gasteiger charge is 2.28. The number of nitrogens with two attached hydrogens (primary N) is 1. The van der Waals surface area contributed by atoms with Crippen LogP contribution >= 0.6 is 0 Å². The van der Waals surface area contributed by atoms with Gasteiger partial charge in [-0.3, -0.25) is 9.36 Å². The second-order valence-electron chi connectivity index (χ2n) is 4.35. The molecule has 2 atom stereocenters. The lowest BCUT2D eigenvalue weighted by Crippen LogP contribution is -2.18. The van der Waals surface area contributed by atoms with E-state index in [1.54, 1.807) is 0 Å². The van der Waals surface area contributed by atoms with E-state index in [2.05, 4.69) is 9.97 Å². The molecule has 0 bridgehead atoms. The molecule has 3 N–H and O–H groups in total. The number of rotatable bonds is 2. The Hall–Kier alpha value is -2.00. The highest BCUT2D eigenvalue weighted by Crippen LogP contribution is 2.30. The molecule has 3 heterocycles. The van der Waals surface area contributed by atoms with E-state index in [0.29, 0.717) is 12.8 Å². The predicted octanol–water partition coefficient (Wildman–Crippen LogP) is -0.422. The van der Waals surface area contributed by atoms with Crippen molar-refractivity contribution in [3.05, 3.63) is 16.7 Å². The van der Waals surface area contributed by atoms with Crippen molar-refractivity contribution < 1.29 is 14.3 Å². The second kappa shape index (κ2) is 4.28. The SMILES string of the molecule is Nc1nc(=O)c2ncn([C@H]3CC[C@@H](CO)O3)c2n1F. The fourth-order valence-electron chi connectivity index (χ4n) is 2.25. The van der Waals surface area contributed by atoms with Gasteiger partial charge in [-0.2, -0.15) is 4.98 Å². The number of nitrogens with zero attached hydrogens (tertiary/aromatic N) is 4. The molecule has 0 aromatic carbocycles. The molecule has 0 saturated carbocycles. The Bertz CT molecular complexity index is 682. The summed E-state index contributed by atoms with van der Waals surface area (Å²) in [5.41, 5.74) is 4.45. The van der Waals surface area contributed by atoms with Crippen LogP contribution in [0.5, 0.6) is 0 Å². The molecule has 2 aromatic rings. The summed E-state index contributed by atoms with van der Waals surface area (Å²) in [6, 6.07) is 0. The summed E-state index contributed by atoms with van der Waals surface area (Å²) in [6.45, 7) is -0.102. The molecule has 1 aliphatic heterocycles. The molecule has 0 amide bonds. The zero-order valence-corrected chi connectivity index (χ0v) is 9.86. The molecule has 102 valence electrons. The van der Waals surface area contributed by atoms with Crippen LogP contribution in [0, 0.1) is 0 Å². The van der Waals surface area contributed by atoms with E-state index in [-0.39, 0.29) is 28.7 Å². The normalized spacial score (nSPS) is 23.3. The molecule has 0 aliphatic carbocycles. The Balaban J connectivity index is 2.13. The van der Waals surface area contributed by atoms with E-state index in [0.717, 1.165) is 0 Å². The minimum atomic E-state index is -0.683. The zero-order valence-electron chi connectivity index (χ0n) is 9.86. The van der Waals surface area contributed by atoms with Gasteiger partial charge in [0, 0.05) is 0 Å². The van der Waals surface area contributed by atoms with Crippen molar-refractivity contribution in [1.82, 2.24) is 19.3 Å². The minimum Gasteiger partial charge on any atom is -0.394 e. The van der Waals surface area contributed by atoms with Gasteiger partial charge in [0.1, 0.15) is 6.23 Å². The standard InChI is InChI=1S/C10H12FN5O3/c11-16-9-7(8(18)14-10(16)12)13-4-15(9)6-2-1-5(3-17)19-6/h4-6,17H,1-3H2,(H2,12,14,18)/t5-,6+/m0/s1. The van der Waals surface area contributed by atoms with Crippen LogP contribution < -0.4 is 11.3 Å². The van der Waals surface area contributed by atoms with Gasteiger partial charge in [-0.15, -0.1) is 4.79 Å². The first-order chi connectivity index (χ1) is 9.11. The Labute approximate surface area is 106 Å². The highest BCUT2D eigenvalue weighted by molar-refractivity contribution is 5.71. The van der Waals surface area contributed by atoms with Crippen molar-refractivity contribution in [3.8, 4) is 0 Å². The van der Waals surface area contributed by atoms with Crippen molar-refractivity contribution in [2.24, 2.45) is 0 Å². The average molecular weight is 269 g/mol. The van der Waals surface area contributed by atoms with Crippen molar-refractivity contribution in [2.45, 2.75) is 25.2 Å². The highest BCUT2D eigenvalue weighted by atomic mass is 19.2. The molecule has 9 heteroatoms. The number of anilines is 1. The Morgan fingerprint density at radius 3 is 3.05 bits per heavy atom. The van der Waals surface area contributed by atoms with Crippen molar-refractivity contribution in [3.63, 3.8) is 0 Å². The van der Waals surface area contributed by atoms with Crippen LogP contribution in [-0.4, -0.2) is 37.1 Å². The van der Waals surface area contributed by atoms with Crippen LogP contribution in [0.15, 0.2) is 11.1 Å². The number of aliphatic hydroxyl groups excluding tert-OH is 1. The zero-order chi connectivity index (χ0) is 13.6. The average Bonchev–Trinajstić information content (AvgIpc) is 3.02. The van der Waals surface area contributed by atoms with Gasteiger partial charge in [0.15, 0.2) is 11.2 Å². The number of nitrogen functional groups attached to an aromatic ring is 1. The summed E-state index contributed by atoms with van der Waals surface area (Å²) in [5, 5.41) is 9.03. The van der Waals surface area contributed by atoms with E-state index < -0.39 is 17.7 Å². The molecule has 0 unspecified atom stereocenters. The number of halogens is 1. The molecular weight excluding hydrogens is 257 g/mol. The van der Waals surface area contributed by atoms with Gasteiger partial charge in [-0.1, -0.05) is 4.48 Å². The number of fused-ring (bicyclic) bond motifs is 1. The monoisotopic (exact) mass is 269 g/mol. The van der Waals surface area contributed by atoms with Crippen LogP contribution in [0.4, 0.5) is 10.4 Å². The molecule has 1 aliphatic rings. The van der Waals surface area contributed by atoms with E-state index in [1.165, 1.54) is 10.9 Å². The van der Waals surface area contributed by atoms with Crippen molar-refractivity contribution in [1.29, 1.82) is 0 Å². The molecule has 3 rings (SSSR count). The maximum absolute atomic E-state index is 13.9. The first-order valence-corrected chi connectivity index (χ1v) is 5.79. The predicted molar refractivity (Wildman–Crippen MR) is 62.9 cm³/mol. The molecule has 1 saturated heterocycles. The van der Waals surface area contributed by atoms with Gasteiger partial charge in [0.2, 0.25) is 5.95 Å². The summed E-state index contributed by atoms with van der Waals surface area (Å²) >= 11 is 0. The lowest BCUT2D eigenvalue weighted by Gasteiger charge is -2.14. The van der Waals surface area contributed by atoms with Crippen molar-refractivity contribution in [2.75, 3.05) is 12.3 Å². The fraction of sp³-hybridized carbons (Fsp3) is 0.500. The summed E-state index contributed by atoms with van der Waals surface area (Å²) in [7, 11) is 0. The van der Waals surface area contributed by atoms with E-state index in [9.17, 15) is 9.28 Å². The Kier molecular flexibility index (Phi) is 2.72. The number of imidazole rings is 1. The largest absolute Gasteiger partial charge is 0.394 e. The van der Waals surface area contributed by atoms with Crippen LogP contribution in [0.25, 0.3) is 11.2 Å². The molecular formula is C10H12FN5O3. The van der Waals surface area contributed by atoms with Gasteiger partial charge in [-0.05, 0) is 12.8 Å². The third-order valence-corrected chi connectivity index (χ3v) is 3.17. The van der Waals surface area contributed by atoms with Gasteiger partial charge in [0.05, 0.1) is 19.0 Å². The lowest BCUT2D eigenvalue weighted by atomic mass is 10.2. The quantitative estimate of drug-likeness (QED) is 0.766. The van der Waals surface area contributed by atoms with Crippen molar-refractivity contribution >= 4 is 17.1 Å². The number of aliphatic hydroxyl groups is 1. The molecule has 19 heavy (non-hydrogen) atoms. The number of hydrogen-bond acceptors (Lipinski definition) is 6. The minimum absolute atomic E-state index is 0.0823. The summed E-state index contributed by atoms with van der Waals surface area (Å²) in [5.74, 6) is -0.532. The molecule has 0 radical (unpaired) electrons. The molecule has 2 aromatic heterocycles. The second-order valence-corrected chi connectivity index (χ2v) is 4.35. The Morgan fingerprint density at radius 1 is 1.58 bits per heavy atom. The van der Waals surface area contributed by atoms with Crippen LogP contribution in [0.1, 0.15) is 19.1 Å². The van der Waals surface area contributed by atoms with Gasteiger partial charge >= 0.3 is 5.56 Å². The molecule has 1 fully saturated rings. The lowest BCUT2D eigenvalue weighted by molar-refractivity contribution is -0.0212. The maximum Gasteiger partial charge on any atom is 0.302 e. The van der Waals surface area contributed by atoms with E-state index >= 15 is 0 Å². The summed E-state index contributed by atoms with van der Waals surface area (Å²) in [6.07, 6.45) is 1.78. The Morgan fingerprint density at radius 2 is 2.37 bits per heavy atom. The van der Waals surface area contributed by atoms with E-state index in [4.69, 9.17) is 15.6 Å². The van der Waals surface area contributed by atoms with Crippen LogP contribution in [0.2, 0.25) is 0 Å². The topological polar surface area (TPSA) is 108 Å².